The molecule has 1 aliphatic rings. The fourth-order valence-electron chi connectivity index (χ4n) is 2.22. The van der Waals surface area contributed by atoms with E-state index in [9.17, 15) is 4.79 Å². The molecule has 0 radical (unpaired) electrons. The van der Waals surface area contributed by atoms with Crippen LogP contribution in [0.15, 0.2) is 24.3 Å². The van der Waals surface area contributed by atoms with Crippen molar-refractivity contribution in [2.75, 3.05) is 20.3 Å². The first-order valence-electron chi connectivity index (χ1n) is 5.55. The van der Waals surface area contributed by atoms with Crippen molar-refractivity contribution in [2.45, 2.75) is 18.3 Å². The highest BCUT2D eigenvalue weighted by Gasteiger charge is 2.45. The Morgan fingerprint density at radius 1 is 1.44 bits per heavy atom. The standard InChI is InChI=1S/C13H17NO2/c1-16-9-13(6-7-13)11-5-3-2-4-10(11)12(15)8-14/h2-5H,6-9,14H2,1H3. The highest BCUT2D eigenvalue weighted by Crippen LogP contribution is 2.49. The van der Waals surface area contributed by atoms with E-state index in [4.69, 9.17) is 10.5 Å². The van der Waals surface area contributed by atoms with Crippen molar-refractivity contribution in [3.63, 3.8) is 0 Å². The van der Waals surface area contributed by atoms with Gasteiger partial charge >= 0.3 is 0 Å². The summed E-state index contributed by atoms with van der Waals surface area (Å²) < 4.78 is 5.25. The Morgan fingerprint density at radius 3 is 2.69 bits per heavy atom. The fraction of sp³-hybridized carbons (Fsp3) is 0.462. The van der Waals surface area contributed by atoms with E-state index in [0.717, 1.165) is 24.0 Å². The van der Waals surface area contributed by atoms with Crippen LogP contribution in [0.2, 0.25) is 0 Å². The molecule has 1 aliphatic carbocycles. The van der Waals surface area contributed by atoms with Crippen molar-refractivity contribution in [1.82, 2.24) is 0 Å². The van der Waals surface area contributed by atoms with Crippen molar-refractivity contribution in [3.05, 3.63) is 35.4 Å². The second-order valence-corrected chi connectivity index (χ2v) is 4.39. The van der Waals surface area contributed by atoms with Crippen LogP contribution in [0.3, 0.4) is 0 Å². The number of hydrogen-bond donors (Lipinski definition) is 1. The molecule has 16 heavy (non-hydrogen) atoms. The summed E-state index contributed by atoms with van der Waals surface area (Å²) in [5, 5.41) is 0. The molecular weight excluding hydrogens is 202 g/mol. The number of methoxy groups -OCH3 is 1. The molecule has 0 spiro atoms. The van der Waals surface area contributed by atoms with Gasteiger partial charge in [0.25, 0.3) is 0 Å². The third-order valence-electron chi connectivity index (χ3n) is 3.26. The summed E-state index contributed by atoms with van der Waals surface area (Å²) in [5.74, 6) is 0.0120. The van der Waals surface area contributed by atoms with Crippen molar-refractivity contribution in [3.8, 4) is 0 Å². The lowest BCUT2D eigenvalue weighted by Crippen LogP contribution is -2.21. The van der Waals surface area contributed by atoms with Gasteiger partial charge in [0.05, 0.1) is 13.2 Å². The van der Waals surface area contributed by atoms with Gasteiger partial charge in [0.15, 0.2) is 5.78 Å². The van der Waals surface area contributed by atoms with Crippen LogP contribution in [0.4, 0.5) is 0 Å². The summed E-state index contributed by atoms with van der Waals surface area (Å²) in [4.78, 5) is 11.7. The fourth-order valence-corrected chi connectivity index (χ4v) is 2.22. The highest BCUT2D eigenvalue weighted by atomic mass is 16.5. The summed E-state index contributed by atoms with van der Waals surface area (Å²) in [7, 11) is 1.70. The second kappa shape index (κ2) is 4.36. The van der Waals surface area contributed by atoms with Crippen LogP contribution >= 0.6 is 0 Å². The van der Waals surface area contributed by atoms with Crippen LogP contribution in [0.1, 0.15) is 28.8 Å². The molecule has 0 unspecified atom stereocenters. The number of ketones is 1. The number of carbonyl (C=O) groups is 1. The highest BCUT2D eigenvalue weighted by molar-refractivity contribution is 5.99. The molecule has 0 saturated heterocycles. The normalized spacial score (nSPS) is 17.1. The average molecular weight is 219 g/mol. The minimum atomic E-state index is 0.0120. The molecule has 1 aromatic rings. The molecule has 3 nitrogen and oxygen atoms in total. The van der Waals surface area contributed by atoms with E-state index in [2.05, 4.69) is 0 Å². The molecule has 1 fully saturated rings. The van der Waals surface area contributed by atoms with Crippen LogP contribution in [0.5, 0.6) is 0 Å². The number of rotatable bonds is 5. The molecule has 0 amide bonds. The quantitative estimate of drug-likeness (QED) is 0.764. The van der Waals surface area contributed by atoms with Gasteiger partial charge in [0, 0.05) is 18.1 Å². The molecule has 2 rings (SSSR count). The van der Waals surface area contributed by atoms with Crippen molar-refractivity contribution >= 4 is 5.78 Å². The summed E-state index contributed by atoms with van der Waals surface area (Å²) in [5.41, 5.74) is 7.36. The zero-order valence-corrected chi connectivity index (χ0v) is 9.53. The summed E-state index contributed by atoms with van der Waals surface area (Å²) >= 11 is 0. The molecular formula is C13H17NO2. The monoisotopic (exact) mass is 219 g/mol. The first-order chi connectivity index (χ1) is 7.73. The van der Waals surface area contributed by atoms with Crippen LogP contribution < -0.4 is 5.73 Å². The number of hydrogen-bond acceptors (Lipinski definition) is 3. The van der Waals surface area contributed by atoms with Gasteiger partial charge in [-0.15, -0.1) is 0 Å². The third-order valence-corrected chi connectivity index (χ3v) is 3.26. The van der Waals surface area contributed by atoms with E-state index < -0.39 is 0 Å². The lowest BCUT2D eigenvalue weighted by Gasteiger charge is -2.17. The Bertz CT molecular complexity index is 397. The van der Waals surface area contributed by atoms with Crippen LogP contribution in [-0.2, 0) is 10.2 Å². The van der Waals surface area contributed by atoms with Gasteiger partial charge in [-0.1, -0.05) is 24.3 Å². The van der Waals surface area contributed by atoms with E-state index in [-0.39, 0.29) is 17.7 Å². The molecule has 1 aromatic carbocycles. The maximum Gasteiger partial charge on any atom is 0.176 e. The Kier molecular flexibility index (Phi) is 3.08. The number of benzene rings is 1. The van der Waals surface area contributed by atoms with Gasteiger partial charge in [-0.05, 0) is 18.4 Å². The van der Waals surface area contributed by atoms with Crippen LogP contribution in [0, 0.1) is 0 Å². The third kappa shape index (κ3) is 1.88. The summed E-state index contributed by atoms with van der Waals surface area (Å²) in [6.07, 6.45) is 2.19. The van der Waals surface area contributed by atoms with Crippen molar-refractivity contribution in [1.29, 1.82) is 0 Å². The number of ether oxygens (including phenoxy) is 1. The van der Waals surface area contributed by atoms with Gasteiger partial charge in [-0.25, -0.2) is 0 Å². The maximum absolute atomic E-state index is 11.7. The van der Waals surface area contributed by atoms with Gasteiger partial charge in [0.2, 0.25) is 0 Å². The number of Topliss-reactive ketones (excluding diaryl/α,β-unsaturated/α-hetero) is 1. The average Bonchev–Trinajstić information content (AvgIpc) is 3.09. The Labute approximate surface area is 95.6 Å². The molecule has 0 bridgehead atoms. The second-order valence-electron chi connectivity index (χ2n) is 4.39. The van der Waals surface area contributed by atoms with Crippen LogP contribution in [0.25, 0.3) is 0 Å². The minimum absolute atomic E-state index is 0.0120. The summed E-state index contributed by atoms with van der Waals surface area (Å²) in [6, 6.07) is 7.74. The van der Waals surface area contributed by atoms with E-state index >= 15 is 0 Å². The Hall–Kier alpha value is -1.19. The number of carbonyl (C=O) groups excluding carboxylic acids is 1. The molecule has 86 valence electrons. The topological polar surface area (TPSA) is 52.3 Å². The van der Waals surface area contributed by atoms with E-state index in [1.54, 1.807) is 7.11 Å². The predicted octanol–water partition coefficient (Wildman–Crippen LogP) is 1.51. The van der Waals surface area contributed by atoms with Crippen molar-refractivity contribution < 1.29 is 9.53 Å². The van der Waals surface area contributed by atoms with E-state index in [1.807, 2.05) is 24.3 Å². The van der Waals surface area contributed by atoms with E-state index in [0.29, 0.717) is 6.61 Å². The van der Waals surface area contributed by atoms with Gasteiger partial charge < -0.3 is 10.5 Å². The largest absolute Gasteiger partial charge is 0.384 e. The Balaban J connectivity index is 2.37. The minimum Gasteiger partial charge on any atom is -0.384 e. The molecule has 0 heterocycles. The lowest BCUT2D eigenvalue weighted by molar-refractivity contribution is 0.0998. The van der Waals surface area contributed by atoms with Gasteiger partial charge in [-0.2, -0.15) is 0 Å². The van der Waals surface area contributed by atoms with Gasteiger partial charge in [-0.3, -0.25) is 4.79 Å². The lowest BCUT2D eigenvalue weighted by atomic mass is 9.90. The first kappa shape index (κ1) is 11.3. The van der Waals surface area contributed by atoms with Crippen molar-refractivity contribution in [2.24, 2.45) is 5.73 Å². The zero-order valence-electron chi connectivity index (χ0n) is 9.53. The molecule has 0 aliphatic heterocycles. The summed E-state index contributed by atoms with van der Waals surface area (Å²) in [6.45, 7) is 0.752. The zero-order chi connectivity index (χ0) is 11.6. The number of nitrogens with two attached hydrogens (primary N) is 1. The van der Waals surface area contributed by atoms with Gasteiger partial charge in [0.1, 0.15) is 0 Å². The van der Waals surface area contributed by atoms with E-state index in [1.165, 1.54) is 0 Å². The maximum atomic E-state index is 11.7. The predicted molar refractivity (Wildman–Crippen MR) is 62.6 cm³/mol. The molecule has 0 aromatic heterocycles. The first-order valence-corrected chi connectivity index (χ1v) is 5.55. The molecule has 3 heteroatoms. The Morgan fingerprint density at radius 2 is 2.12 bits per heavy atom. The SMILES string of the molecule is COCC1(c2ccccc2C(=O)CN)CC1. The molecule has 2 N–H and O–H groups in total. The smallest absolute Gasteiger partial charge is 0.176 e. The molecule has 0 atom stereocenters. The van der Waals surface area contributed by atoms with Crippen LogP contribution in [-0.4, -0.2) is 26.0 Å². The molecule has 1 saturated carbocycles.